The number of halogens is 4. The molecule has 0 atom stereocenters. The van der Waals surface area contributed by atoms with Crippen molar-refractivity contribution in [3.8, 4) is 0 Å². The van der Waals surface area contributed by atoms with Crippen molar-refractivity contribution in [1.29, 1.82) is 0 Å². The molecule has 1 saturated heterocycles. The summed E-state index contributed by atoms with van der Waals surface area (Å²) in [6.45, 7) is 5.13. The highest BCUT2D eigenvalue weighted by Crippen LogP contribution is 2.34. The smallest absolute Gasteiger partial charge is 0.350 e. The summed E-state index contributed by atoms with van der Waals surface area (Å²) in [6.07, 6.45) is -2.88. The van der Waals surface area contributed by atoms with Crippen LogP contribution in [0.5, 0.6) is 0 Å². The fourth-order valence-electron chi connectivity index (χ4n) is 2.68. The molecule has 3 nitrogen and oxygen atoms in total. The zero-order valence-corrected chi connectivity index (χ0v) is 14.0. The lowest BCUT2D eigenvalue weighted by molar-refractivity contribution is -0.137. The van der Waals surface area contributed by atoms with Crippen LogP contribution in [0.2, 0.25) is 0 Å². The Hall–Kier alpha value is -1.27. The maximum absolute atomic E-state index is 13.1. The Balaban J connectivity index is 0.00000264. The van der Waals surface area contributed by atoms with Gasteiger partial charge in [-0.25, -0.2) is 0 Å². The van der Waals surface area contributed by atoms with E-state index in [4.69, 9.17) is 0 Å². The highest BCUT2D eigenvalue weighted by Gasteiger charge is 2.32. The van der Waals surface area contributed by atoms with Gasteiger partial charge in [-0.1, -0.05) is 0 Å². The summed E-state index contributed by atoms with van der Waals surface area (Å²) < 4.78 is 39.3. The van der Waals surface area contributed by atoms with Crippen LogP contribution in [0.25, 0.3) is 0 Å². The number of carbonyl (C=O) groups is 1. The van der Waals surface area contributed by atoms with Crippen LogP contribution in [0.15, 0.2) is 18.2 Å². The first-order valence-electron chi connectivity index (χ1n) is 7.51. The van der Waals surface area contributed by atoms with Crippen LogP contribution in [-0.4, -0.2) is 25.0 Å². The number of alkyl halides is 3. The number of hydrogen-bond acceptors (Lipinski definition) is 2. The highest BCUT2D eigenvalue weighted by atomic mass is 35.5. The molecule has 1 aliphatic heterocycles. The van der Waals surface area contributed by atoms with Crippen molar-refractivity contribution in [2.75, 3.05) is 13.1 Å². The lowest BCUT2D eigenvalue weighted by Gasteiger charge is -2.24. The van der Waals surface area contributed by atoms with Crippen LogP contribution >= 0.6 is 12.4 Å². The molecule has 23 heavy (non-hydrogen) atoms. The number of rotatable bonds is 3. The summed E-state index contributed by atoms with van der Waals surface area (Å²) >= 11 is 0. The van der Waals surface area contributed by atoms with E-state index in [-0.39, 0.29) is 29.9 Å². The standard InChI is InChI=1S/C16H21F3N2O.ClH/c1-10(2)21-15(22)13-7-12(11-3-5-20-6-4-11)8-14(9-13)16(17,18)19;/h7-11,20H,3-6H2,1-2H3,(H,21,22);1H. The average Bonchev–Trinajstić information content (AvgIpc) is 2.46. The summed E-state index contributed by atoms with van der Waals surface area (Å²) in [7, 11) is 0. The van der Waals surface area contributed by atoms with Crippen molar-refractivity contribution in [1.82, 2.24) is 10.6 Å². The summed E-state index contributed by atoms with van der Waals surface area (Å²) in [5, 5.41) is 5.84. The predicted octanol–water partition coefficient (Wildman–Crippen LogP) is 3.73. The van der Waals surface area contributed by atoms with Crippen LogP contribution in [0.4, 0.5) is 13.2 Å². The molecule has 1 heterocycles. The molecular formula is C16H22ClF3N2O. The molecule has 1 aromatic rings. The highest BCUT2D eigenvalue weighted by molar-refractivity contribution is 5.94. The van der Waals surface area contributed by atoms with Crippen molar-refractivity contribution in [3.63, 3.8) is 0 Å². The summed E-state index contributed by atoms with van der Waals surface area (Å²) in [4.78, 5) is 12.1. The molecule has 1 amide bonds. The van der Waals surface area contributed by atoms with Gasteiger partial charge in [0.05, 0.1) is 5.56 Å². The van der Waals surface area contributed by atoms with Gasteiger partial charge in [0.2, 0.25) is 0 Å². The third-order valence-corrected chi connectivity index (χ3v) is 3.78. The average molecular weight is 351 g/mol. The zero-order valence-electron chi connectivity index (χ0n) is 13.2. The second-order valence-electron chi connectivity index (χ2n) is 5.99. The SMILES string of the molecule is CC(C)NC(=O)c1cc(C2CCNCC2)cc(C(F)(F)F)c1.Cl. The van der Waals surface area contributed by atoms with Crippen molar-refractivity contribution in [2.24, 2.45) is 0 Å². The van der Waals surface area contributed by atoms with Gasteiger partial charge in [-0.3, -0.25) is 4.79 Å². The van der Waals surface area contributed by atoms with Crippen molar-refractivity contribution < 1.29 is 18.0 Å². The predicted molar refractivity (Wildman–Crippen MR) is 86.1 cm³/mol. The van der Waals surface area contributed by atoms with E-state index in [2.05, 4.69) is 10.6 Å². The van der Waals surface area contributed by atoms with Crippen LogP contribution < -0.4 is 10.6 Å². The molecule has 0 aliphatic carbocycles. The lowest BCUT2D eigenvalue weighted by atomic mass is 9.88. The van der Waals surface area contributed by atoms with E-state index in [1.807, 2.05) is 0 Å². The lowest BCUT2D eigenvalue weighted by Crippen LogP contribution is -2.31. The van der Waals surface area contributed by atoms with E-state index < -0.39 is 17.6 Å². The molecule has 1 fully saturated rings. The quantitative estimate of drug-likeness (QED) is 0.872. The molecule has 2 rings (SSSR count). The van der Waals surface area contributed by atoms with E-state index in [1.54, 1.807) is 19.9 Å². The largest absolute Gasteiger partial charge is 0.416 e. The zero-order chi connectivity index (χ0) is 16.3. The van der Waals surface area contributed by atoms with Gasteiger partial charge in [-0.2, -0.15) is 13.2 Å². The number of nitrogens with one attached hydrogen (secondary N) is 2. The molecule has 0 saturated carbocycles. The fraction of sp³-hybridized carbons (Fsp3) is 0.562. The van der Waals surface area contributed by atoms with Crippen molar-refractivity contribution in [3.05, 3.63) is 34.9 Å². The summed E-state index contributed by atoms with van der Waals surface area (Å²) in [5.74, 6) is -0.398. The molecule has 0 radical (unpaired) electrons. The Bertz CT molecular complexity index is 541. The number of amides is 1. The van der Waals surface area contributed by atoms with E-state index in [1.165, 1.54) is 6.07 Å². The van der Waals surface area contributed by atoms with E-state index in [9.17, 15) is 18.0 Å². The van der Waals surface area contributed by atoms with Crippen molar-refractivity contribution >= 4 is 18.3 Å². The first-order valence-corrected chi connectivity index (χ1v) is 7.51. The van der Waals surface area contributed by atoms with Crippen LogP contribution in [0, 0.1) is 0 Å². The maximum Gasteiger partial charge on any atom is 0.416 e. The van der Waals surface area contributed by atoms with Crippen molar-refractivity contribution in [2.45, 2.75) is 44.8 Å². The number of carbonyl (C=O) groups excluding carboxylic acids is 1. The molecule has 0 bridgehead atoms. The van der Waals surface area contributed by atoms with Gasteiger partial charge >= 0.3 is 6.18 Å². The topological polar surface area (TPSA) is 41.1 Å². The Labute approximate surface area is 140 Å². The minimum atomic E-state index is -4.45. The Morgan fingerprint density at radius 3 is 2.35 bits per heavy atom. The first kappa shape index (κ1) is 19.8. The number of benzene rings is 1. The summed E-state index contributed by atoms with van der Waals surface area (Å²) in [5.41, 5.74) is -0.0697. The Morgan fingerprint density at radius 2 is 1.83 bits per heavy atom. The van der Waals surface area contributed by atoms with Gasteiger partial charge in [-0.15, -0.1) is 12.4 Å². The van der Waals surface area contributed by atoms with Gasteiger partial charge in [-0.05, 0) is 69.5 Å². The molecule has 0 aromatic heterocycles. The van der Waals surface area contributed by atoms with Gasteiger partial charge in [0.25, 0.3) is 5.91 Å². The van der Waals surface area contributed by atoms with Crippen LogP contribution in [0.3, 0.4) is 0 Å². The molecule has 1 aromatic carbocycles. The number of piperidine rings is 1. The molecule has 2 N–H and O–H groups in total. The maximum atomic E-state index is 13.1. The molecule has 7 heteroatoms. The first-order chi connectivity index (χ1) is 10.3. The van der Waals surface area contributed by atoms with E-state index in [0.29, 0.717) is 5.56 Å². The third-order valence-electron chi connectivity index (χ3n) is 3.78. The third kappa shape index (κ3) is 5.39. The molecule has 0 unspecified atom stereocenters. The second kappa shape index (κ2) is 8.02. The molecule has 1 aliphatic rings. The summed E-state index contributed by atoms with van der Waals surface area (Å²) in [6, 6.07) is 3.59. The minimum Gasteiger partial charge on any atom is -0.350 e. The fourth-order valence-corrected chi connectivity index (χ4v) is 2.68. The van der Waals surface area contributed by atoms with E-state index in [0.717, 1.165) is 32.0 Å². The van der Waals surface area contributed by atoms with E-state index >= 15 is 0 Å². The van der Waals surface area contributed by atoms with Crippen LogP contribution in [-0.2, 0) is 6.18 Å². The monoisotopic (exact) mass is 350 g/mol. The van der Waals surface area contributed by atoms with Gasteiger partial charge in [0.15, 0.2) is 0 Å². The molecular weight excluding hydrogens is 329 g/mol. The second-order valence-corrected chi connectivity index (χ2v) is 5.99. The van der Waals surface area contributed by atoms with Crippen LogP contribution in [0.1, 0.15) is 54.1 Å². The van der Waals surface area contributed by atoms with Gasteiger partial charge < -0.3 is 10.6 Å². The normalized spacial score (nSPS) is 16.1. The molecule has 0 spiro atoms. The number of hydrogen-bond donors (Lipinski definition) is 2. The Kier molecular flexibility index (Phi) is 6.89. The van der Waals surface area contributed by atoms with Gasteiger partial charge in [0.1, 0.15) is 0 Å². The molecule has 130 valence electrons. The minimum absolute atomic E-state index is 0. The van der Waals surface area contributed by atoms with Gasteiger partial charge in [0, 0.05) is 11.6 Å². The Morgan fingerprint density at radius 1 is 1.22 bits per heavy atom.